The molecule has 1 aromatic carbocycles. The third kappa shape index (κ3) is 3.00. The zero-order valence-electron chi connectivity index (χ0n) is 15.4. The fraction of sp³-hybridized carbons (Fsp3) is 0.429. The molecule has 3 unspecified atom stereocenters. The van der Waals surface area contributed by atoms with Crippen LogP contribution in [0.15, 0.2) is 47.6 Å². The van der Waals surface area contributed by atoms with Crippen LogP contribution in [0.3, 0.4) is 0 Å². The molecule has 4 heterocycles. The standard InChI is InChI=1S/C21H23FN4S/c1-14-13-26-20(19(24-21(26)27-14)18-6-2-3-9-23-18)16-8-7-15(12-17(16)22)25-10-4-5-11-25/h2-3,6-9,12,14,19-20H,4-5,10-11,13H2,1H3. The number of hydrogen-bond acceptors (Lipinski definition) is 5. The molecule has 140 valence electrons. The number of anilines is 1. The molecule has 0 aliphatic carbocycles. The Balaban J connectivity index is 1.53. The van der Waals surface area contributed by atoms with Crippen LogP contribution in [0.4, 0.5) is 10.1 Å². The van der Waals surface area contributed by atoms with Crippen LogP contribution in [0.1, 0.15) is 43.1 Å². The topological polar surface area (TPSA) is 31.7 Å². The maximum atomic E-state index is 15.3. The van der Waals surface area contributed by atoms with Crippen LogP contribution in [0.5, 0.6) is 0 Å². The summed E-state index contributed by atoms with van der Waals surface area (Å²) in [6.45, 7) is 5.13. The summed E-state index contributed by atoms with van der Waals surface area (Å²) in [6.07, 6.45) is 4.17. The fourth-order valence-corrected chi connectivity index (χ4v) is 5.47. The number of pyridine rings is 1. The van der Waals surface area contributed by atoms with E-state index in [4.69, 9.17) is 4.99 Å². The zero-order valence-corrected chi connectivity index (χ0v) is 16.2. The van der Waals surface area contributed by atoms with E-state index < -0.39 is 0 Å². The van der Waals surface area contributed by atoms with Crippen LogP contribution in [0, 0.1) is 5.82 Å². The molecule has 6 heteroatoms. The number of aromatic nitrogens is 1. The van der Waals surface area contributed by atoms with Gasteiger partial charge in [-0.3, -0.25) is 9.98 Å². The Morgan fingerprint density at radius 2 is 2.00 bits per heavy atom. The van der Waals surface area contributed by atoms with Crippen molar-refractivity contribution in [1.82, 2.24) is 9.88 Å². The Morgan fingerprint density at radius 1 is 1.15 bits per heavy atom. The minimum absolute atomic E-state index is 0.125. The molecule has 2 saturated heterocycles. The molecule has 4 nitrogen and oxygen atoms in total. The number of nitrogens with zero attached hydrogens (tertiary/aromatic N) is 4. The van der Waals surface area contributed by atoms with E-state index in [-0.39, 0.29) is 17.9 Å². The lowest BCUT2D eigenvalue weighted by molar-refractivity contribution is 0.313. The van der Waals surface area contributed by atoms with Crippen molar-refractivity contribution in [2.24, 2.45) is 4.99 Å². The SMILES string of the molecule is CC1CN2C(=NC(c3ccccn3)C2c2ccc(N3CCCC3)cc2F)S1. The van der Waals surface area contributed by atoms with E-state index in [2.05, 4.69) is 27.8 Å². The number of fused-ring (bicyclic) bond motifs is 1. The third-order valence-electron chi connectivity index (χ3n) is 5.66. The van der Waals surface area contributed by atoms with Crippen molar-refractivity contribution in [2.75, 3.05) is 24.5 Å². The number of halogens is 1. The molecule has 27 heavy (non-hydrogen) atoms. The van der Waals surface area contributed by atoms with Gasteiger partial charge >= 0.3 is 0 Å². The Hall–Kier alpha value is -2.08. The van der Waals surface area contributed by atoms with E-state index in [1.807, 2.05) is 24.3 Å². The minimum atomic E-state index is -0.159. The van der Waals surface area contributed by atoms with Gasteiger partial charge in [0.15, 0.2) is 5.17 Å². The van der Waals surface area contributed by atoms with Gasteiger partial charge < -0.3 is 9.80 Å². The van der Waals surface area contributed by atoms with Crippen molar-refractivity contribution in [3.8, 4) is 0 Å². The van der Waals surface area contributed by atoms with Gasteiger partial charge in [0.2, 0.25) is 0 Å². The Bertz CT molecular complexity index is 866. The second kappa shape index (κ2) is 6.82. The number of hydrogen-bond donors (Lipinski definition) is 0. The summed E-state index contributed by atoms with van der Waals surface area (Å²) in [6, 6.07) is 11.3. The van der Waals surface area contributed by atoms with E-state index in [1.54, 1.807) is 24.0 Å². The Kier molecular flexibility index (Phi) is 4.31. The highest BCUT2D eigenvalue weighted by molar-refractivity contribution is 8.14. The van der Waals surface area contributed by atoms with Crippen LogP contribution in [-0.4, -0.2) is 39.9 Å². The number of benzene rings is 1. The van der Waals surface area contributed by atoms with E-state index in [0.717, 1.165) is 41.7 Å². The average molecular weight is 383 g/mol. The number of amidine groups is 1. The average Bonchev–Trinajstić information content (AvgIpc) is 3.39. The molecule has 0 saturated carbocycles. The normalized spacial score (nSPS) is 27.2. The molecule has 2 fully saturated rings. The third-order valence-corrected chi connectivity index (χ3v) is 6.76. The summed E-state index contributed by atoms with van der Waals surface area (Å²) in [5.74, 6) is -0.133. The van der Waals surface area contributed by atoms with Crippen LogP contribution < -0.4 is 4.90 Å². The summed E-state index contributed by atoms with van der Waals surface area (Å²) >= 11 is 1.78. The molecule has 0 amide bonds. The predicted octanol–water partition coefficient (Wildman–Crippen LogP) is 4.41. The number of rotatable bonds is 3. The summed E-state index contributed by atoms with van der Waals surface area (Å²) in [5, 5.41) is 1.49. The zero-order chi connectivity index (χ0) is 18.4. The molecule has 1 aromatic heterocycles. The van der Waals surface area contributed by atoms with Gasteiger partial charge in [0.1, 0.15) is 11.9 Å². The molecule has 3 aliphatic rings. The fourth-order valence-electron chi connectivity index (χ4n) is 4.38. The lowest BCUT2D eigenvalue weighted by Gasteiger charge is -2.28. The molecule has 3 atom stereocenters. The molecule has 3 aliphatic heterocycles. The van der Waals surface area contributed by atoms with E-state index in [9.17, 15) is 0 Å². The lowest BCUT2D eigenvalue weighted by Crippen LogP contribution is -2.29. The van der Waals surface area contributed by atoms with Gasteiger partial charge in [-0.05, 0) is 37.1 Å². The quantitative estimate of drug-likeness (QED) is 0.787. The van der Waals surface area contributed by atoms with Crippen molar-refractivity contribution < 1.29 is 4.39 Å². The molecule has 0 radical (unpaired) electrons. The van der Waals surface area contributed by atoms with Gasteiger partial charge in [0.05, 0.1) is 11.7 Å². The number of aliphatic imine (C=N–C) groups is 1. The molecule has 0 spiro atoms. The summed E-state index contributed by atoms with van der Waals surface area (Å²) in [5.41, 5.74) is 2.62. The molecule has 0 bridgehead atoms. The maximum absolute atomic E-state index is 15.3. The molecule has 0 N–H and O–H groups in total. The smallest absolute Gasteiger partial charge is 0.160 e. The maximum Gasteiger partial charge on any atom is 0.160 e. The molecule has 5 rings (SSSR count). The summed E-state index contributed by atoms with van der Waals surface area (Å²) in [7, 11) is 0. The van der Waals surface area contributed by atoms with Gasteiger partial charge in [-0.25, -0.2) is 4.39 Å². The second-order valence-corrected chi connectivity index (χ2v) is 8.94. The largest absolute Gasteiger partial charge is 0.371 e. The van der Waals surface area contributed by atoms with E-state index in [0.29, 0.717) is 5.25 Å². The molecule has 2 aromatic rings. The first-order chi connectivity index (χ1) is 13.2. The van der Waals surface area contributed by atoms with E-state index >= 15 is 4.39 Å². The van der Waals surface area contributed by atoms with Crippen LogP contribution in [-0.2, 0) is 0 Å². The first-order valence-corrected chi connectivity index (χ1v) is 10.5. The number of thioether (sulfide) groups is 1. The minimum Gasteiger partial charge on any atom is -0.371 e. The van der Waals surface area contributed by atoms with Crippen LogP contribution in [0.25, 0.3) is 0 Å². The van der Waals surface area contributed by atoms with Crippen LogP contribution in [0.2, 0.25) is 0 Å². The Morgan fingerprint density at radius 3 is 2.74 bits per heavy atom. The van der Waals surface area contributed by atoms with Crippen molar-refractivity contribution >= 4 is 22.6 Å². The van der Waals surface area contributed by atoms with Crippen molar-refractivity contribution in [3.05, 3.63) is 59.7 Å². The van der Waals surface area contributed by atoms with Crippen molar-refractivity contribution in [2.45, 2.75) is 37.1 Å². The summed E-state index contributed by atoms with van der Waals surface area (Å²) in [4.78, 5) is 14.0. The van der Waals surface area contributed by atoms with Gasteiger partial charge in [-0.2, -0.15) is 0 Å². The highest BCUT2D eigenvalue weighted by Gasteiger charge is 2.44. The van der Waals surface area contributed by atoms with Gasteiger partial charge in [0.25, 0.3) is 0 Å². The highest BCUT2D eigenvalue weighted by atomic mass is 32.2. The highest BCUT2D eigenvalue weighted by Crippen LogP contribution is 2.48. The van der Waals surface area contributed by atoms with Gasteiger partial charge in [-0.1, -0.05) is 30.8 Å². The second-order valence-electron chi connectivity index (χ2n) is 7.54. The first-order valence-electron chi connectivity index (χ1n) is 9.67. The molecular formula is C21H23FN4S. The van der Waals surface area contributed by atoms with Crippen LogP contribution >= 0.6 is 11.8 Å². The van der Waals surface area contributed by atoms with E-state index in [1.165, 1.54) is 12.8 Å². The summed E-state index contributed by atoms with van der Waals surface area (Å²) < 4.78 is 15.3. The predicted molar refractivity (Wildman–Crippen MR) is 109 cm³/mol. The monoisotopic (exact) mass is 382 g/mol. The lowest BCUT2D eigenvalue weighted by atomic mass is 9.95. The first kappa shape index (κ1) is 17.0. The van der Waals surface area contributed by atoms with Crippen molar-refractivity contribution in [1.29, 1.82) is 0 Å². The molecular weight excluding hydrogens is 359 g/mol. The van der Waals surface area contributed by atoms with Gasteiger partial charge in [-0.15, -0.1) is 0 Å². The van der Waals surface area contributed by atoms with Gasteiger partial charge in [0, 0.05) is 42.3 Å². The Labute approximate surface area is 163 Å². The van der Waals surface area contributed by atoms with Crippen molar-refractivity contribution in [3.63, 3.8) is 0 Å².